The molecule has 80 valence electrons. The van der Waals surface area contributed by atoms with Crippen molar-refractivity contribution in [1.82, 2.24) is 0 Å². The van der Waals surface area contributed by atoms with Gasteiger partial charge in [-0.3, -0.25) is 4.79 Å². The van der Waals surface area contributed by atoms with Crippen molar-refractivity contribution in [3.05, 3.63) is 0 Å². The summed E-state index contributed by atoms with van der Waals surface area (Å²) in [4.78, 5) is 22.5. The first kappa shape index (κ1) is 11.4. The van der Waals surface area contributed by atoms with Crippen LogP contribution in [0.4, 0.5) is 0 Å². The molecule has 0 aromatic rings. The van der Waals surface area contributed by atoms with Crippen LogP contribution >= 0.6 is 0 Å². The third kappa shape index (κ3) is 2.66. The zero-order valence-corrected chi connectivity index (χ0v) is 9.59. The summed E-state index contributed by atoms with van der Waals surface area (Å²) in [5.41, 5.74) is 0.233. The zero-order chi connectivity index (χ0) is 10.9. The molecule has 0 saturated heterocycles. The minimum Gasteiger partial charge on any atom is -0.300 e. The van der Waals surface area contributed by atoms with Crippen LogP contribution in [0.3, 0.4) is 0 Å². The molecule has 0 aliphatic heterocycles. The lowest BCUT2D eigenvalue weighted by Crippen LogP contribution is -2.18. The number of ketones is 2. The molecule has 0 spiro atoms. The summed E-state index contributed by atoms with van der Waals surface area (Å²) in [7, 11) is 0. The second-order valence-corrected chi connectivity index (χ2v) is 5.46. The summed E-state index contributed by atoms with van der Waals surface area (Å²) < 4.78 is 0. The SMILES string of the molecule is CC(=O)CC1CC(C)(C)CC1C(C)=O. The first-order valence-electron chi connectivity index (χ1n) is 5.32. The Balaban J connectivity index is 2.72. The third-order valence-corrected chi connectivity index (χ3v) is 3.23. The molecule has 0 aromatic carbocycles. The van der Waals surface area contributed by atoms with E-state index in [9.17, 15) is 9.59 Å². The number of Topliss-reactive ketones (excluding diaryl/α,β-unsaturated/α-hetero) is 2. The van der Waals surface area contributed by atoms with Gasteiger partial charge in [0.05, 0.1) is 0 Å². The topological polar surface area (TPSA) is 34.1 Å². The number of rotatable bonds is 3. The molecule has 1 aliphatic carbocycles. The summed E-state index contributed by atoms with van der Waals surface area (Å²) in [6.07, 6.45) is 2.53. The van der Waals surface area contributed by atoms with E-state index in [0.717, 1.165) is 12.8 Å². The number of carbonyl (C=O) groups is 2. The first-order chi connectivity index (χ1) is 6.32. The maximum atomic E-state index is 11.4. The highest BCUT2D eigenvalue weighted by atomic mass is 16.1. The molecule has 1 fully saturated rings. The number of hydrogen-bond donors (Lipinski definition) is 0. The summed E-state index contributed by atoms with van der Waals surface area (Å²) in [5, 5.41) is 0. The fourth-order valence-corrected chi connectivity index (χ4v) is 2.76. The van der Waals surface area contributed by atoms with Gasteiger partial charge in [-0.15, -0.1) is 0 Å². The summed E-state index contributed by atoms with van der Waals surface area (Å²) in [5.74, 6) is 0.870. The minimum atomic E-state index is 0.119. The average molecular weight is 196 g/mol. The van der Waals surface area contributed by atoms with Crippen LogP contribution in [0.15, 0.2) is 0 Å². The van der Waals surface area contributed by atoms with Crippen LogP contribution in [0.1, 0.15) is 47.0 Å². The normalized spacial score (nSPS) is 30.3. The van der Waals surface area contributed by atoms with E-state index in [1.165, 1.54) is 0 Å². The van der Waals surface area contributed by atoms with Crippen molar-refractivity contribution >= 4 is 11.6 Å². The van der Waals surface area contributed by atoms with Crippen LogP contribution in [0.5, 0.6) is 0 Å². The molecular formula is C12H20O2. The molecule has 1 aliphatic rings. The van der Waals surface area contributed by atoms with E-state index < -0.39 is 0 Å². The molecular weight excluding hydrogens is 176 g/mol. The molecule has 1 rings (SSSR count). The molecule has 2 nitrogen and oxygen atoms in total. The summed E-state index contributed by atoms with van der Waals surface area (Å²) in [6, 6.07) is 0. The lowest BCUT2D eigenvalue weighted by atomic mass is 9.89. The molecule has 2 heteroatoms. The van der Waals surface area contributed by atoms with Crippen molar-refractivity contribution in [3.8, 4) is 0 Å². The molecule has 2 atom stereocenters. The Bertz CT molecular complexity index is 253. The maximum absolute atomic E-state index is 11.4. The van der Waals surface area contributed by atoms with Crippen LogP contribution in [-0.4, -0.2) is 11.6 Å². The van der Waals surface area contributed by atoms with Gasteiger partial charge in [0.2, 0.25) is 0 Å². The average Bonchev–Trinajstić information content (AvgIpc) is 2.24. The predicted octanol–water partition coefficient (Wildman–Crippen LogP) is 2.61. The van der Waals surface area contributed by atoms with Gasteiger partial charge in [0, 0.05) is 12.3 Å². The van der Waals surface area contributed by atoms with Gasteiger partial charge >= 0.3 is 0 Å². The van der Waals surface area contributed by atoms with Crippen molar-refractivity contribution in [1.29, 1.82) is 0 Å². The molecule has 0 bridgehead atoms. The van der Waals surface area contributed by atoms with Crippen LogP contribution in [-0.2, 0) is 9.59 Å². The van der Waals surface area contributed by atoms with Gasteiger partial charge in [0.25, 0.3) is 0 Å². The van der Waals surface area contributed by atoms with E-state index in [-0.39, 0.29) is 22.9 Å². The van der Waals surface area contributed by atoms with Gasteiger partial charge < -0.3 is 4.79 Å². The van der Waals surface area contributed by atoms with Crippen LogP contribution in [0, 0.1) is 17.3 Å². The number of hydrogen-bond acceptors (Lipinski definition) is 2. The quantitative estimate of drug-likeness (QED) is 0.695. The summed E-state index contributed by atoms with van der Waals surface area (Å²) >= 11 is 0. The molecule has 2 unspecified atom stereocenters. The molecule has 0 radical (unpaired) electrons. The Morgan fingerprint density at radius 2 is 1.79 bits per heavy atom. The Kier molecular flexibility index (Phi) is 3.13. The predicted molar refractivity (Wildman–Crippen MR) is 56.0 cm³/mol. The fourth-order valence-electron chi connectivity index (χ4n) is 2.76. The van der Waals surface area contributed by atoms with E-state index in [1.54, 1.807) is 13.8 Å². The van der Waals surface area contributed by atoms with Crippen LogP contribution < -0.4 is 0 Å². The van der Waals surface area contributed by atoms with E-state index >= 15 is 0 Å². The van der Waals surface area contributed by atoms with E-state index in [2.05, 4.69) is 13.8 Å². The number of carbonyl (C=O) groups excluding carboxylic acids is 2. The Morgan fingerprint density at radius 1 is 1.21 bits per heavy atom. The third-order valence-electron chi connectivity index (χ3n) is 3.23. The minimum absolute atomic E-state index is 0.119. The van der Waals surface area contributed by atoms with Crippen molar-refractivity contribution in [2.24, 2.45) is 17.3 Å². The highest BCUT2D eigenvalue weighted by molar-refractivity contribution is 5.81. The van der Waals surface area contributed by atoms with Crippen molar-refractivity contribution in [3.63, 3.8) is 0 Å². The summed E-state index contributed by atoms with van der Waals surface area (Å²) in [6.45, 7) is 7.63. The van der Waals surface area contributed by atoms with Gasteiger partial charge in [0.1, 0.15) is 11.6 Å². The Hall–Kier alpha value is -0.660. The van der Waals surface area contributed by atoms with Gasteiger partial charge in [-0.25, -0.2) is 0 Å². The smallest absolute Gasteiger partial charge is 0.133 e. The molecule has 1 saturated carbocycles. The Labute approximate surface area is 86.1 Å². The van der Waals surface area contributed by atoms with Gasteiger partial charge in [-0.2, -0.15) is 0 Å². The lowest BCUT2D eigenvalue weighted by Gasteiger charge is -2.16. The lowest BCUT2D eigenvalue weighted by molar-refractivity contribution is -0.123. The van der Waals surface area contributed by atoms with Gasteiger partial charge in [-0.05, 0) is 38.0 Å². The van der Waals surface area contributed by atoms with E-state index in [4.69, 9.17) is 0 Å². The van der Waals surface area contributed by atoms with Crippen LogP contribution in [0.25, 0.3) is 0 Å². The molecule has 0 N–H and O–H groups in total. The monoisotopic (exact) mass is 196 g/mol. The van der Waals surface area contributed by atoms with Gasteiger partial charge in [0.15, 0.2) is 0 Å². The second kappa shape index (κ2) is 3.84. The van der Waals surface area contributed by atoms with Crippen molar-refractivity contribution in [2.75, 3.05) is 0 Å². The maximum Gasteiger partial charge on any atom is 0.133 e. The molecule has 0 heterocycles. The molecule has 0 amide bonds. The molecule has 14 heavy (non-hydrogen) atoms. The van der Waals surface area contributed by atoms with E-state index in [0.29, 0.717) is 12.3 Å². The zero-order valence-electron chi connectivity index (χ0n) is 9.59. The van der Waals surface area contributed by atoms with Crippen LogP contribution in [0.2, 0.25) is 0 Å². The standard InChI is InChI=1S/C12H20O2/c1-8(13)5-10-6-12(3,4)7-11(10)9(2)14/h10-11H,5-7H2,1-4H3. The fraction of sp³-hybridized carbons (Fsp3) is 0.833. The van der Waals surface area contributed by atoms with Crippen molar-refractivity contribution < 1.29 is 9.59 Å². The highest BCUT2D eigenvalue weighted by Crippen LogP contribution is 2.46. The second-order valence-electron chi connectivity index (χ2n) is 5.46. The largest absolute Gasteiger partial charge is 0.300 e. The first-order valence-corrected chi connectivity index (χ1v) is 5.32. The van der Waals surface area contributed by atoms with E-state index in [1.807, 2.05) is 0 Å². The van der Waals surface area contributed by atoms with Crippen molar-refractivity contribution in [2.45, 2.75) is 47.0 Å². The molecule has 0 aromatic heterocycles. The Morgan fingerprint density at radius 3 is 2.21 bits per heavy atom. The van der Waals surface area contributed by atoms with Gasteiger partial charge in [-0.1, -0.05) is 13.8 Å². The highest BCUT2D eigenvalue weighted by Gasteiger charge is 2.41.